The molecule has 4 N–H and O–H groups in total. The summed E-state index contributed by atoms with van der Waals surface area (Å²) in [6, 6.07) is 0. The van der Waals surface area contributed by atoms with E-state index in [4.69, 9.17) is 18.9 Å². The van der Waals surface area contributed by atoms with Gasteiger partial charge in [0.05, 0.1) is 6.61 Å². The number of carbonyl (C=O) groups is 3. The van der Waals surface area contributed by atoms with Crippen molar-refractivity contribution in [3.63, 3.8) is 0 Å². The third kappa shape index (κ3) is 29.9. The number of carboxylic acid groups (broad SMARTS) is 1. The standard InChI is InChI=1S/C48H82O11/c1-3-5-7-9-11-13-15-17-19-20-21-23-25-27-29-31-33-35-37-42(50)58-40(39-57-48-45(53)43(51)44(52)46(59-48)47(54)55)38-56-41(49)36-34-32-30-28-26-24-22-18-16-14-12-10-8-6-4-2/h6,8,12,14,18,22,26,28,40,43-46,48,51-53H,3-5,7,9-11,13,15-17,19-21,23-25,27,29-39H2,1-2H3,(H,54,55)/b8-6-,14-12-,22-18-,28-26-. The van der Waals surface area contributed by atoms with Crippen molar-refractivity contribution in [3.8, 4) is 0 Å². The van der Waals surface area contributed by atoms with E-state index in [0.717, 1.165) is 57.8 Å². The second kappa shape index (κ2) is 38.1. The number of aliphatic hydroxyl groups excluding tert-OH is 3. The number of esters is 2. The van der Waals surface area contributed by atoms with Crippen LogP contribution in [-0.4, -0.2) is 88.4 Å². The number of ether oxygens (including phenoxy) is 4. The van der Waals surface area contributed by atoms with Crippen LogP contribution in [0.15, 0.2) is 48.6 Å². The molecule has 0 spiro atoms. The number of aliphatic hydroxyl groups is 3. The van der Waals surface area contributed by atoms with Gasteiger partial charge in [-0.25, -0.2) is 4.79 Å². The molecule has 11 nitrogen and oxygen atoms in total. The van der Waals surface area contributed by atoms with Crippen molar-refractivity contribution in [1.29, 1.82) is 0 Å². The van der Waals surface area contributed by atoms with Crippen LogP contribution in [-0.2, 0) is 33.3 Å². The first-order valence-corrected chi connectivity index (χ1v) is 23.2. The summed E-state index contributed by atoms with van der Waals surface area (Å²) in [4.78, 5) is 36.8. The SMILES string of the molecule is CC/C=C\C/C=C\C/C=C\C/C=C\CCCCC(=O)OCC(COC1OC(C(=O)O)C(O)C(O)C1O)OC(=O)CCCCCCCCCCCCCCCCCCCC. The van der Waals surface area contributed by atoms with E-state index in [2.05, 4.69) is 62.5 Å². The maximum atomic E-state index is 12.8. The molecule has 1 aliphatic rings. The maximum Gasteiger partial charge on any atom is 0.335 e. The molecule has 1 saturated heterocycles. The Morgan fingerprint density at radius 1 is 0.542 bits per heavy atom. The van der Waals surface area contributed by atoms with Crippen molar-refractivity contribution in [2.75, 3.05) is 13.2 Å². The Morgan fingerprint density at radius 2 is 1.00 bits per heavy atom. The van der Waals surface area contributed by atoms with Crippen LogP contribution in [0.3, 0.4) is 0 Å². The number of aliphatic carboxylic acids is 1. The summed E-state index contributed by atoms with van der Waals surface area (Å²) < 4.78 is 21.7. The van der Waals surface area contributed by atoms with E-state index in [1.807, 2.05) is 0 Å². The number of hydrogen-bond acceptors (Lipinski definition) is 10. The number of rotatable bonds is 38. The zero-order valence-electron chi connectivity index (χ0n) is 36.7. The first kappa shape index (κ1) is 54.2. The van der Waals surface area contributed by atoms with E-state index in [9.17, 15) is 34.8 Å². The molecule has 11 heteroatoms. The maximum absolute atomic E-state index is 12.8. The largest absolute Gasteiger partial charge is 0.479 e. The van der Waals surface area contributed by atoms with Crippen LogP contribution in [0.4, 0.5) is 0 Å². The van der Waals surface area contributed by atoms with Crippen molar-refractivity contribution in [1.82, 2.24) is 0 Å². The Balaban J connectivity index is 2.37. The average Bonchev–Trinajstić information content (AvgIpc) is 3.22. The molecule has 0 saturated carbocycles. The van der Waals surface area contributed by atoms with Gasteiger partial charge in [-0.15, -0.1) is 0 Å². The topological polar surface area (TPSA) is 169 Å². The molecule has 0 aromatic rings. The van der Waals surface area contributed by atoms with E-state index in [1.54, 1.807) is 0 Å². The van der Waals surface area contributed by atoms with E-state index in [0.29, 0.717) is 12.8 Å². The molecule has 0 bridgehead atoms. The van der Waals surface area contributed by atoms with E-state index in [1.165, 1.54) is 89.9 Å². The second-order valence-electron chi connectivity index (χ2n) is 15.9. The van der Waals surface area contributed by atoms with Crippen LogP contribution in [0.2, 0.25) is 0 Å². The van der Waals surface area contributed by atoms with Gasteiger partial charge in [0.1, 0.15) is 24.9 Å². The van der Waals surface area contributed by atoms with Gasteiger partial charge in [0, 0.05) is 12.8 Å². The van der Waals surface area contributed by atoms with Gasteiger partial charge in [-0.3, -0.25) is 9.59 Å². The minimum absolute atomic E-state index is 0.176. The summed E-state index contributed by atoms with van der Waals surface area (Å²) in [5, 5.41) is 39.8. The highest BCUT2D eigenvalue weighted by atomic mass is 16.7. The van der Waals surface area contributed by atoms with Crippen LogP contribution in [0.1, 0.15) is 187 Å². The smallest absolute Gasteiger partial charge is 0.335 e. The Bertz CT molecular complexity index is 1170. The molecule has 0 aliphatic carbocycles. The minimum Gasteiger partial charge on any atom is -0.479 e. The Kier molecular flexibility index (Phi) is 35.0. The van der Waals surface area contributed by atoms with Gasteiger partial charge in [-0.1, -0.05) is 172 Å². The van der Waals surface area contributed by atoms with Crippen molar-refractivity contribution in [2.24, 2.45) is 0 Å². The highest BCUT2D eigenvalue weighted by Gasteiger charge is 2.47. The lowest BCUT2D eigenvalue weighted by molar-refractivity contribution is -0.298. The van der Waals surface area contributed by atoms with Gasteiger partial charge in [0.15, 0.2) is 18.5 Å². The highest BCUT2D eigenvalue weighted by molar-refractivity contribution is 5.73. The van der Waals surface area contributed by atoms with E-state index < -0.39 is 61.3 Å². The fourth-order valence-electron chi connectivity index (χ4n) is 6.81. The van der Waals surface area contributed by atoms with Crippen LogP contribution in [0, 0.1) is 0 Å². The van der Waals surface area contributed by atoms with Crippen LogP contribution >= 0.6 is 0 Å². The third-order valence-corrected chi connectivity index (χ3v) is 10.4. The number of carboxylic acids is 1. The van der Waals surface area contributed by atoms with Crippen molar-refractivity contribution >= 4 is 17.9 Å². The fraction of sp³-hybridized carbons (Fsp3) is 0.771. The van der Waals surface area contributed by atoms with Gasteiger partial charge < -0.3 is 39.4 Å². The molecule has 0 aromatic heterocycles. The highest BCUT2D eigenvalue weighted by Crippen LogP contribution is 2.23. The molecule has 6 atom stereocenters. The molecule has 1 heterocycles. The minimum atomic E-state index is -1.87. The normalized spacial score (nSPS) is 20.3. The molecular formula is C48H82O11. The zero-order chi connectivity index (χ0) is 43.2. The Labute approximate surface area is 356 Å². The first-order chi connectivity index (χ1) is 28.7. The van der Waals surface area contributed by atoms with Crippen LogP contribution in [0.5, 0.6) is 0 Å². The van der Waals surface area contributed by atoms with E-state index in [-0.39, 0.29) is 19.4 Å². The Morgan fingerprint density at radius 3 is 1.51 bits per heavy atom. The predicted octanol–water partition coefficient (Wildman–Crippen LogP) is 10.1. The molecule has 340 valence electrons. The first-order valence-electron chi connectivity index (χ1n) is 23.2. The van der Waals surface area contributed by atoms with Crippen LogP contribution in [0.25, 0.3) is 0 Å². The monoisotopic (exact) mass is 835 g/mol. The molecule has 1 rings (SSSR count). The van der Waals surface area contributed by atoms with Crippen molar-refractivity contribution < 1.29 is 53.8 Å². The zero-order valence-corrected chi connectivity index (χ0v) is 36.7. The number of allylic oxidation sites excluding steroid dienone is 8. The summed E-state index contributed by atoms with van der Waals surface area (Å²) in [5.74, 6) is -2.49. The number of carbonyl (C=O) groups excluding carboxylic acids is 2. The average molecular weight is 835 g/mol. The molecule has 6 unspecified atom stereocenters. The van der Waals surface area contributed by atoms with Crippen molar-refractivity contribution in [3.05, 3.63) is 48.6 Å². The molecule has 0 amide bonds. The van der Waals surface area contributed by atoms with E-state index >= 15 is 0 Å². The molecule has 0 aromatic carbocycles. The van der Waals surface area contributed by atoms with Crippen molar-refractivity contribution in [2.45, 2.75) is 224 Å². The van der Waals surface area contributed by atoms with Gasteiger partial charge in [-0.2, -0.15) is 0 Å². The molecule has 1 fully saturated rings. The van der Waals surface area contributed by atoms with Gasteiger partial charge in [0.25, 0.3) is 0 Å². The molecular weight excluding hydrogens is 753 g/mol. The summed E-state index contributed by atoms with van der Waals surface area (Å²) in [6.45, 7) is 3.67. The number of unbranched alkanes of at least 4 members (excludes halogenated alkanes) is 19. The molecule has 1 aliphatic heterocycles. The molecule has 59 heavy (non-hydrogen) atoms. The van der Waals surface area contributed by atoms with Gasteiger partial charge >= 0.3 is 17.9 Å². The summed E-state index contributed by atoms with van der Waals surface area (Å²) >= 11 is 0. The summed E-state index contributed by atoms with van der Waals surface area (Å²) in [6.07, 6.45) is 35.9. The lowest BCUT2D eigenvalue weighted by atomic mass is 9.99. The summed E-state index contributed by atoms with van der Waals surface area (Å²) in [7, 11) is 0. The van der Waals surface area contributed by atoms with Crippen LogP contribution < -0.4 is 0 Å². The lowest BCUT2D eigenvalue weighted by Crippen LogP contribution is -2.60. The molecule has 0 radical (unpaired) electrons. The quantitative estimate of drug-likeness (QED) is 0.0265. The number of hydrogen-bond donors (Lipinski definition) is 4. The summed E-state index contributed by atoms with van der Waals surface area (Å²) in [5.41, 5.74) is 0. The fourth-order valence-corrected chi connectivity index (χ4v) is 6.81. The lowest BCUT2D eigenvalue weighted by Gasteiger charge is -2.38. The van der Waals surface area contributed by atoms with Gasteiger partial charge in [-0.05, 0) is 51.4 Å². The van der Waals surface area contributed by atoms with Gasteiger partial charge in [0.2, 0.25) is 0 Å². The third-order valence-electron chi connectivity index (χ3n) is 10.4. The predicted molar refractivity (Wildman–Crippen MR) is 234 cm³/mol. The Hall–Kier alpha value is -2.83. The second-order valence-corrected chi connectivity index (χ2v) is 15.9.